The first-order chi connectivity index (χ1) is 8.09. The van der Waals surface area contributed by atoms with Crippen LogP contribution >= 0.6 is 0 Å². The highest BCUT2D eigenvalue weighted by Crippen LogP contribution is 2.10. The fraction of sp³-hybridized carbons (Fsp3) is 0.500. The van der Waals surface area contributed by atoms with Crippen molar-refractivity contribution in [1.29, 1.82) is 0 Å². The second-order valence-electron chi connectivity index (χ2n) is 3.88. The van der Waals surface area contributed by atoms with Gasteiger partial charge in [-0.3, -0.25) is 4.79 Å². The summed E-state index contributed by atoms with van der Waals surface area (Å²) in [5, 5.41) is 0. The molecule has 94 valence electrons. The third kappa shape index (κ3) is 2.93. The molecule has 1 aromatic heterocycles. The van der Waals surface area contributed by atoms with Gasteiger partial charge in [-0.25, -0.2) is 13.1 Å². The van der Waals surface area contributed by atoms with E-state index in [-0.39, 0.29) is 10.9 Å². The van der Waals surface area contributed by atoms with Crippen LogP contribution in [0.15, 0.2) is 28.2 Å². The quantitative estimate of drug-likeness (QED) is 0.788. The molecule has 1 aliphatic rings. The van der Waals surface area contributed by atoms with Crippen LogP contribution < -0.4 is 10.2 Å². The fourth-order valence-electron chi connectivity index (χ4n) is 1.71. The van der Waals surface area contributed by atoms with Crippen molar-refractivity contribution in [3.05, 3.63) is 28.7 Å². The highest BCUT2D eigenvalue weighted by atomic mass is 32.2. The van der Waals surface area contributed by atoms with Gasteiger partial charge in [-0.05, 0) is 12.8 Å². The molecule has 0 amide bonds. The SMILES string of the molecule is O=c1cc[nH]cc1S(=O)(=O)NC1CCOCC1. The van der Waals surface area contributed by atoms with Crippen LogP contribution in [0.25, 0.3) is 0 Å². The van der Waals surface area contributed by atoms with Gasteiger partial charge in [0.25, 0.3) is 0 Å². The van der Waals surface area contributed by atoms with Crippen LogP contribution in [0.1, 0.15) is 12.8 Å². The van der Waals surface area contributed by atoms with Crippen LogP contribution in [0.4, 0.5) is 0 Å². The summed E-state index contributed by atoms with van der Waals surface area (Å²) in [7, 11) is -3.74. The summed E-state index contributed by atoms with van der Waals surface area (Å²) in [6, 6.07) is 1.03. The summed E-state index contributed by atoms with van der Waals surface area (Å²) in [6.07, 6.45) is 3.85. The maximum absolute atomic E-state index is 11.9. The van der Waals surface area contributed by atoms with Gasteiger partial charge in [-0.15, -0.1) is 0 Å². The summed E-state index contributed by atoms with van der Waals surface area (Å²) in [6.45, 7) is 1.08. The Labute approximate surface area is 99.1 Å². The maximum atomic E-state index is 11.9. The summed E-state index contributed by atoms with van der Waals surface area (Å²) in [5.74, 6) is 0. The molecule has 1 aromatic rings. The van der Waals surface area contributed by atoms with E-state index in [9.17, 15) is 13.2 Å². The van der Waals surface area contributed by atoms with Crippen molar-refractivity contribution >= 4 is 10.0 Å². The van der Waals surface area contributed by atoms with Gasteiger partial charge in [0.2, 0.25) is 15.5 Å². The molecule has 0 spiro atoms. The van der Waals surface area contributed by atoms with Gasteiger partial charge in [0.1, 0.15) is 4.90 Å². The van der Waals surface area contributed by atoms with Gasteiger partial charge in [0.15, 0.2) is 0 Å². The second kappa shape index (κ2) is 4.99. The lowest BCUT2D eigenvalue weighted by Gasteiger charge is -2.22. The zero-order chi connectivity index (χ0) is 12.3. The zero-order valence-electron chi connectivity index (χ0n) is 9.18. The summed E-state index contributed by atoms with van der Waals surface area (Å²) >= 11 is 0. The number of sulfonamides is 1. The van der Waals surface area contributed by atoms with E-state index in [1.807, 2.05) is 0 Å². The molecule has 1 aliphatic heterocycles. The van der Waals surface area contributed by atoms with E-state index in [0.717, 1.165) is 0 Å². The molecule has 0 bridgehead atoms. The third-order valence-electron chi connectivity index (χ3n) is 2.62. The second-order valence-corrected chi connectivity index (χ2v) is 5.56. The minimum atomic E-state index is -3.74. The minimum absolute atomic E-state index is 0.159. The molecule has 1 fully saturated rings. The molecule has 0 aromatic carbocycles. The Morgan fingerprint density at radius 2 is 2.06 bits per heavy atom. The number of aromatic nitrogens is 1. The van der Waals surface area contributed by atoms with Crippen molar-refractivity contribution < 1.29 is 13.2 Å². The average molecular weight is 258 g/mol. The Kier molecular flexibility index (Phi) is 3.60. The molecule has 0 atom stereocenters. The number of hydrogen-bond acceptors (Lipinski definition) is 4. The first kappa shape index (κ1) is 12.3. The number of nitrogens with one attached hydrogen (secondary N) is 2. The van der Waals surface area contributed by atoms with Crippen molar-refractivity contribution in [2.45, 2.75) is 23.8 Å². The number of pyridine rings is 1. The Hall–Kier alpha value is -1.18. The molecule has 0 unspecified atom stereocenters. The summed E-state index contributed by atoms with van der Waals surface area (Å²) in [5.41, 5.74) is -0.511. The van der Waals surface area contributed by atoms with Gasteiger partial charge in [-0.2, -0.15) is 0 Å². The molecule has 0 radical (unpaired) electrons. The lowest BCUT2D eigenvalue weighted by atomic mass is 10.1. The van der Waals surface area contributed by atoms with Crippen LogP contribution in [-0.2, 0) is 14.8 Å². The van der Waals surface area contributed by atoms with Crippen LogP contribution in [0.3, 0.4) is 0 Å². The monoisotopic (exact) mass is 258 g/mol. The van der Waals surface area contributed by atoms with E-state index >= 15 is 0 Å². The van der Waals surface area contributed by atoms with E-state index in [0.29, 0.717) is 26.1 Å². The average Bonchev–Trinajstić information content (AvgIpc) is 2.30. The Morgan fingerprint density at radius 1 is 1.35 bits per heavy atom. The number of hydrogen-bond donors (Lipinski definition) is 2. The molecule has 2 rings (SSSR count). The summed E-state index contributed by atoms with van der Waals surface area (Å²) in [4.78, 5) is 13.8. The number of ether oxygens (including phenoxy) is 1. The normalized spacial score (nSPS) is 18.1. The molecule has 17 heavy (non-hydrogen) atoms. The topological polar surface area (TPSA) is 88.3 Å². The highest BCUT2D eigenvalue weighted by molar-refractivity contribution is 7.89. The number of rotatable bonds is 3. The maximum Gasteiger partial charge on any atom is 0.246 e. The largest absolute Gasteiger partial charge is 0.381 e. The van der Waals surface area contributed by atoms with E-state index in [1.54, 1.807) is 0 Å². The lowest BCUT2D eigenvalue weighted by Crippen LogP contribution is -2.40. The molecule has 6 nitrogen and oxygen atoms in total. The fourth-order valence-corrected chi connectivity index (χ4v) is 3.07. The number of H-pyrrole nitrogens is 1. The molecular weight excluding hydrogens is 244 g/mol. The molecule has 2 N–H and O–H groups in total. The Bertz CT molecular complexity index is 531. The van der Waals surface area contributed by atoms with Crippen molar-refractivity contribution in [3.63, 3.8) is 0 Å². The zero-order valence-corrected chi connectivity index (χ0v) is 10.00. The summed E-state index contributed by atoms with van der Waals surface area (Å²) < 4.78 is 31.6. The Balaban J connectivity index is 2.19. The molecular formula is C10H14N2O4S. The number of aromatic amines is 1. The smallest absolute Gasteiger partial charge is 0.246 e. The van der Waals surface area contributed by atoms with Crippen molar-refractivity contribution in [2.24, 2.45) is 0 Å². The van der Waals surface area contributed by atoms with Gasteiger partial charge in [-0.1, -0.05) is 0 Å². The molecule has 2 heterocycles. The van der Waals surface area contributed by atoms with E-state index < -0.39 is 15.5 Å². The molecule has 7 heteroatoms. The van der Waals surface area contributed by atoms with Gasteiger partial charge < -0.3 is 9.72 Å². The molecule has 0 saturated carbocycles. The van der Waals surface area contributed by atoms with Crippen LogP contribution in [0, 0.1) is 0 Å². The van der Waals surface area contributed by atoms with E-state index in [4.69, 9.17) is 4.74 Å². The van der Waals surface area contributed by atoms with Crippen molar-refractivity contribution in [1.82, 2.24) is 9.71 Å². The van der Waals surface area contributed by atoms with Crippen molar-refractivity contribution in [2.75, 3.05) is 13.2 Å². The van der Waals surface area contributed by atoms with Gasteiger partial charge in [0, 0.05) is 37.7 Å². The van der Waals surface area contributed by atoms with E-state index in [1.165, 1.54) is 18.5 Å². The predicted octanol–water partition coefficient (Wildman–Crippen LogP) is -0.168. The first-order valence-electron chi connectivity index (χ1n) is 5.37. The van der Waals surface area contributed by atoms with Gasteiger partial charge in [0.05, 0.1) is 0 Å². The Morgan fingerprint density at radius 3 is 2.71 bits per heavy atom. The van der Waals surface area contributed by atoms with Crippen LogP contribution in [0.2, 0.25) is 0 Å². The van der Waals surface area contributed by atoms with E-state index in [2.05, 4.69) is 9.71 Å². The standard InChI is InChI=1S/C10H14N2O4S/c13-9-1-4-11-7-10(9)17(14,15)12-8-2-5-16-6-3-8/h1,4,7-8,12H,2-3,5-6H2,(H,11,13). The van der Waals surface area contributed by atoms with Crippen molar-refractivity contribution in [3.8, 4) is 0 Å². The first-order valence-corrected chi connectivity index (χ1v) is 6.85. The third-order valence-corrected chi connectivity index (χ3v) is 4.16. The van der Waals surface area contributed by atoms with Gasteiger partial charge >= 0.3 is 0 Å². The highest BCUT2D eigenvalue weighted by Gasteiger charge is 2.23. The lowest BCUT2D eigenvalue weighted by molar-refractivity contribution is 0.0832. The minimum Gasteiger partial charge on any atom is -0.381 e. The molecule has 0 aliphatic carbocycles. The predicted molar refractivity (Wildman–Crippen MR) is 61.2 cm³/mol. The molecule has 1 saturated heterocycles. The van der Waals surface area contributed by atoms with Crippen LogP contribution in [-0.4, -0.2) is 32.7 Å². The van der Waals surface area contributed by atoms with Crippen LogP contribution in [0.5, 0.6) is 0 Å².